The van der Waals surface area contributed by atoms with Crippen LogP contribution in [0, 0.1) is 6.92 Å². The molecule has 0 spiro atoms. The molecule has 0 bridgehead atoms. The number of allylic oxidation sites excluding steroid dienone is 1. The van der Waals surface area contributed by atoms with Crippen LogP contribution in [0.4, 0.5) is 0 Å². The van der Waals surface area contributed by atoms with Crippen LogP contribution >= 0.6 is 0 Å². The van der Waals surface area contributed by atoms with Crippen molar-refractivity contribution in [3.05, 3.63) is 75.1 Å². The maximum atomic E-state index is 12.6. The molecule has 3 nitrogen and oxygen atoms in total. The lowest BCUT2D eigenvalue weighted by Crippen LogP contribution is -2.08. The average Bonchev–Trinajstić information content (AvgIpc) is 2.93. The second-order valence-electron chi connectivity index (χ2n) is 5.95. The fourth-order valence-electron chi connectivity index (χ4n) is 3.15. The van der Waals surface area contributed by atoms with Gasteiger partial charge in [0.05, 0.1) is 5.39 Å². The summed E-state index contributed by atoms with van der Waals surface area (Å²) in [5.74, 6) is 0.763. The van der Waals surface area contributed by atoms with Gasteiger partial charge in [0.1, 0.15) is 17.1 Å². The predicted molar refractivity (Wildman–Crippen MR) is 91.5 cm³/mol. The van der Waals surface area contributed by atoms with Crippen molar-refractivity contribution < 1.29 is 9.52 Å². The molecule has 0 atom stereocenters. The summed E-state index contributed by atoms with van der Waals surface area (Å²) >= 11 is 0. The zero-order valence-electron chi connectivity index (χ0n) is 12.8. The van der Waals surface area contributed by atoms with E-state index in [4.69, 9.17) is 4.42 Å². The molecular weight excluding hydrogens is 288 g/mol. The zero-order chi connectivity index (χ0) is 16.0. The van der Waals surface area contributed by atoms with E-state index in [1.165, 1.54) is 17.7 Å². The summed E-state index contributed by atoms with van der Waals surface area (Å²) in [4.78, 5) is 12.6. The van der Waals surface area contributed by atoms with Gasteiger partial charge in [-0.25, -0.2) is 0 Å². The van der Waals surface area contributed by atoms with Crippen molar-refractivity contribution in [2.45, 2.75) is 19.8 Å². The third-order valence-electron chi connectivity index (χ3n) is 4.42. The van der Waals surface area contributed by atoms with Crippen LogP contribution in [0.1, 0.15) is 28.9 Å². The van der Waals surface area contributed by atoms with Gasteiger partial charge >= 0.3 is 0 Å². The van der Waals surface area contributed by atoms with E-state index in [0.29, 0.717) is 23.2 Å². The number of hydrogen-bond acceptors (Lipinski definition) is 3. The molecule has 0 aliphatic heterocycles. The Bertz CT molecular complexity index is 1010. The molecule has 3 aromatic rings. The minimum Gasteiger partial charge on any atom is -0.508 e. The summed E-state index contributed by atoms with van der Waals surface area (Å²) in [6.45, 7) is 2.07. The lowest BCUT2D eigenvalue weighted by molar-refractivity contribution is 0.473. The molecule has 23 heavy (non-hydrogen) atoms. The van der Waals surface area contributed by atoms with Crippen molar-refractivity contribution in [3.8, 4) is 5.75 Å². The molecule has 1 heterocycles. The summed E-state index contributed by atoms with van der Waals surface area (Å²) in [6.07, 6.45) is 3.59. The highest BCUT2D eigenvalue weighted by atomic mass is 16.3. The summed E-state index contributed by atoms with van der Waals surface area (Å²) in [6, 6.07) is 12.8. The van der Waals surface area contributed by atoms with Gasteiger partial charge in [0, 0.05) is 11.6 Å². The van der Waals surface area contributed by atoms with E-state index >= 15 is 0 Å². The van der Waals surface area contributed by atoms with Crippen molar-refractivity contribution in [2.24, 2.45) is 0 Å². The number of benzene rings is 2. The standard InChI is InChI=1S/C20H16O3/c1-12-4-2-3-5-13(12)10-14-6-8-17-19(22)16-9-7-15(21)11-18(16)23-20(14)17/h2-5,7,9-11,21H,6,8H2,1H3. The Morgan fingerprint density at radius 2 is 1.96 bits per heavy atom. The first-order valence-corrected chi connectivity index (χ1v) is 7.69. The summed E-state index contributed by atoms with van der Waals surface area (Å²) in [5, 5.41) is 10.2. The molecule has 1 aliphatic carbocycles. The second-order valence-corrected chi connectivity index (χ2v) is 5.95. The number of rotatable bonds is 1. The third kappa shape index (κ3) is 2.25. The molecule has 1 aliphatic rings. The van der Waals surface area contributed by atoms with Gasteiger partial charge in [0.2, 0.25) is 0 Å². The molecule has 1 aromatic heterocycles. The fourth-order valence-corrected chi connectivity index (χ4v) is 3.15. The molecule has 0 fully saturated rings. The van der Waals surface area contributed by atoms with Gasteiger partial charge in [-0.15, -0.1) is 0 Å². The number of phenols is 1. The predicted octanol–water partition coefficient (Wildman–Crippen LogP) is 4.29. The third-order valence-corrected chi connectivity index (χ3v) is 4.42. The maximum Gasteiger partial charge on any atom is 0.196 e. The highest BCUT2D eigenvalue weighted by Gasteiger charge is 2.24. The van der Waals surface area contributed by atoms with E-state index in [9.17, 15) is 9.90 Å². The van der Waals surface area contributed by atoms with E-state index in [2.05, 4.69) is 25.1 Å². The molecule has 0 radical (unpaired) electrons. The largest absolute Gasteiger partial charge is 0.508 e. The molecule has 1 N–H and O–H groups in total. The molecule has 4 rings (SSSR count). The van der Waals surface area contributed by atoms with Crippen LogP contribution in [0.2, 0.25) is 0 Å². The summed E-state index contributed by atoms with van der Waals surface area (Å²) < 4.78 is 5.96. The number of hydrogen-bond donors (Lipinski definition) is 1. The summed E-state index contributed by atoms with van der Waals surface area (Å²) in [5.41, 5.74) is 4.55. The lowest BCUT2D eigenvalue weighted by atomic mass is 10.0. The van der Waals surface area contributed by atoms with Crippen molar-refractivity contribution >= 4 is 22.6 Å². The highest BCUT2D eigenvalue weighted by molar-refractivity contribution is 5.87. The topological polar surface area (TPSA) is 50.4 Å². The van der Waals surface area contributed by atoms with Crippen molar-refractivity contribution in [2.75, 3.05) is 0 Å². The van der Waals surface area contributed by atoms with Crippen LogP contribution in [0.15, 0.2) is 51.7 Å². The van der Waals surface area contributed by atoms with E-state index in [-0.39, 0.29) is 11.2 Å². The smallest absolute Gasteiger partial charge is 0.196 e. The number of aryl methyl sites for hydroxylation is 1. The van der Waals surface area contributed by atoms with Crippen LogP contribution in [0.25, 0.3) is 22.6 Å². The number of aromatic hydroxyl groups is 1. The number of fused-ring (bicyclic) bond motifs is 2. The van der Waals surface area contributed by atoms with Crippen LogP contribution in [-0.2, 0) is 6.42 Å². The van der Waals surface area contributed by atoms with Crippen molar-refractivity contribution in [1.82, 2.24) is 0 Å². The van der Waals surface area contributed by atoms with Gasteiger partial charge < -0.3 is 9.52 Å². The first-order chi connectivity index (χ1) is 11.1. The van der Waals surface area contributed by atoms with Crippen molar-refractivity contribution in [3.63, 3.8) is 0 Å². The molecule has 3 heteroatoms. The Morgan fingerprint density at radius 3 is 2.78 bits per heavy atom. The average molecular weight is 304 g/mol. The maximum absolute atomic E-state index is 12.6. The Balaban J connectivity index is 1.93. The van der Waals surface area contributed by atoms with Crippen molar-refractivity contribution in [1.29, 1.82) is 0 Å². The highest BCUT2D eigenvalue weighted by Crippen LogP contribution is 2.35. The zero-order valence-corrected chi connectivity index (χ0v) is 12.8. The minimum atomic E-state index is 0.00873. The molecule has 2 aromatic carbocycles. The molecular formula is C20H16O3. The van der Waals surface area contributed by atoms with Gasteiger partial charge in [-0.05, 0) is 54.7 Å². The molecule has 0 unspecified atom stereocenters. The quantitative estimate of drug-likeness (QED) is 0.729. The van der Waals surface area contributed by atoms with Crippen LogP contribution in [-0.4, -0.2) is 5.11 Å². The monoisotopic (exact) mass is 304 g/mol. The van der Waals surface area contributed by atoms with Gasteiger partial charge in [0.15, 0.2) is 5.43 Å². The number of phenolic OH excluding ortho intramolecular Hbond substituents is 1. The lowest BCUT2D eigenvalue weighted by Gasteiger charge is -2.05. The summed E-state index contributed by atoms with van der Waals surface area (Å²) in [7, 11) is 0. The fraction of sp³-hybridized carbons (Fsp3) is 0.150. The molecule has 0 saturated heterocycles. The Hall–Kier alpha value is -2.81. The van der Waals surface area contributed by atoms with E-state index in [1.54, 1.807) is 6.07 Å². The van der Waals surface area contributed by atoms with E-state index < -0.39 is 0 Å². The minimum absolute atomic E-state index is 0.00873. The van der Waals surface area contributed by atoms with Gasteiger partial charge in [0.25, 0.3) is 0 Å². The molecule has 114 valence electrons. The van der Waals surface area contributed by atoms with Gasteiger partial charge in [-0.1, -0.05) is 24.3 Å². The van der Waals surface area contributed by atoms with E-state index in [1.807, 2.05) is 12.1 Å². The van der Waals surface area contributed by atoms with Crippen LogP contribution < -0.4 is 5.43 Å². The van der Waals surface area contributed by atoms with Crippen LogP contribution in [0.3, 0.4) is 0 Å². The molecule has 0 amide bonds. The van der Waals surface area contributed by atoms with Crippen LogP contribution in [0.5, 0.6) is 5.75 Å². The Kier molecular flexibility index (Phi) is 3.08. The Labute approximate surface area is 133 Å². The first kappa shape index (κ1) is 13.8. The SMILES string of the molecule is Cc1ccccc1C=C1CCc2c1oc1cc(O)ccc1c2=O. The van der Waals surface area contributed by atoms with Gasteiger partial charge in [-0.2, -0.15) is 0 Å². The van der Waals surface area contributed by atoms with E-state index in [0.717, 1.165) is 23.1 Å². The Morgan fingerprint density at radius 1 is 1.13 bits per heavy atom. The normalized spacial score (nSPS) is 15.3. The first-order valence-electron chi connectivity index (χ1n) is 7.69. The molecule has 0 saturated carbocycles. The van der Waals surface area contributed by atoms with Gasteiger partial charge in [-0.3, -0.25) is 4.79 Å². The second kappa shape index (κ2) is 5.13.